The van der Waals surface area contributed by atoms with Crippen molar-refractivity contribution in [2.45, 2.75) is 13.8 Å². The number of rotatable bonds is 10. The van der Waals surface area contributed by atoms with E-state index in [-0.39, 0.29) is 12.4 Å². The van der Waals surface area contributed by atoms with Gasteiger partial charge in [-0.2, -0.15) is 8.42 Å². The van der Waals surface area contributed by atoms with Gasteiger partial charge in [0.05, 0.1) is 13.2 Å². The molecule has 0 amide bonds. The zero-order chi connectivity index (χ0) is 19.7. The Hall–Kier alpha value is -2.35. The van der Waals surface area contributed by atoms with Crippen molar-refractivity contribution in [1.29, 1.82) is 0 Å². The molecule has 2 rings (SSSR count). The Bertz CT molecular complexity index is 826. The van der Waals surface area contributed by atoms with Crippen LogP contribution >= 0.6 is 0 Å². The minimum Gasteiger partial charge on any atom is -0.394 e. The quantitative estimate of drug-likeness (QED) is 0.626. The maximum atomic E-state index is 11.5. The van der Waals surface area contributed by atoms with E-state index in [1.165, 1.54) is 5.69 Å². The fourth-order valence-corrected chi connectivity index (χ4v) is 3.17. The summed E-state index contributed by atoms with van der Waals surface area (Å²) in [5.74, 6) is 0.147. The van der Waals surface area contributed by atoms with Gasteiger partial charge in [0.25, 0.3) is 0 Å². The van der Waals surface area contributed by atoms with E-state index >= 15 is 0 Å². The summed E-state index contributed by atoms with van der Waals surface area (Å²) in [7, 11) is -4.16. The summed E-state index contributed by atoms with van der Waals surface area (Å²) >= 11 is 0. The lowest BCUT2D eigenvalue weighted by atomic mass is 10.1. The fourth-order valence-electron chi connectivity index (χ4n) is 2.49. The number of anilines is 1. The second-order valence-corrected chi connectivity index (χ2v) is 6.92. The molecule has 0 aliphatic carbocycles. The van der Waals surface area contributed by atoms with Gasteiger partial charge in [-0.1, -0.05) is 36.4 Å². The first kappa shape index (κ1) is 21.0. The molecule has 0 bridgehead atoms. The highest BCUT2D eigenvalue weighted by atomic mass is 32.3. The molecule has 2 aromatic carbocycles. The van der Waals surface area contributed by atoms with Crippen molar-refractivity contribution in [2.24, 2.45) is 0 Å². The van der Waals surface area contributed by atoms with Crippen molar-refractivity contribution in [1.82, 2.24) is 0 Å². The van der Waals surface area contributed by atoms with Gasteiger partial charge in [0, 0.05) is 18.8 Å². The fraction of sp³-hybridized carbons (Fsp3) is 0.300. The largest absolute Gasteiger partial charge is 0.449 e. The Balaban J connectivity index is 1.99. The van der Waals surface area contributed by atoms with Crippen LogP contribution in [-0.4, -0.2) is 39.8 Å². The number of hydrogen-bond acceptors (Lipinski definition) is 6. The smallest absolute Gasteiger partial charge is 0.394 e. The summed E-state index contributed by atoms with van der Waals surface area (Å²) in [5.41, 5.74) is 3.18. The molecule has 0 radical (unpaired) electrons. The highest BCUT2D eigenvalue weighted by molar-refractivity contribution is 7.82. The third-order valence-corrected chi connectivity index (χ3v) is 4.74. The van der Waals surface area contributed by atoms with E-state index in [4.69, 9.17) is 9.29 Å². The standard InChI is InChI=1S/C20H25NO5S/c1-3-21(4-2)19-11-7-17(8-12-19)5-6-18-9-13-20(14-10-18)26-27(23,24)25-16-15-22/h5-14,22H,3-4,15-16H2,1-2H3. The number of nitrogens with zero attached hydrogens (tertiary/aromatic N) is 1. The molecule has 0 saturated heterocycles. The zero-order valence-corrected chi connectivity index (χ0v) is 16.4. The van der Waals surface area contributed by atoms with Crippen LogP contribution in [0.4, 0.5) is 5.69 Å². The first-order valence-corrected chi connectivity index (χ1v) is 10.1. The van der Waals surface area contributed by atoms with Crippen LogP contribution < -0.4 is 9.08 Å². The Kier molecular flexibility index (Phi) is 7.84. The molecule has 7 heteroatoms. The van der Waals surface area contributed by atoms with Crippen molar-refractivity contribution in [3.63, 3.8) is 0 Å². The predicted octanol–water partition coefficient (Wildman–Crippen LogP) is 3.34. The first-order chi connectivity index (χ1) is 13.0. The molecule has 6 nitrogen and oxygen atoms in total. The molecule has 0 unspecified atom stereocenters. The normalized spacial score (nSPS) is 11.7. The maximum Gasteiger partial charge on any atom is 0.449 e. The molecule has 0 aromatic heterocycles. The highest BCUT2D eigenvalue weighted by Gasteiger charge is 2.12. The number of aliphatic hydroxyl groups is 1. The van der Waals surface area contributed by atoms with Gasteiger partial charge in [0.1, 0.15) is 5.75 Å². The number of hydrogen-bond donors (Lipinski definition) is 1. The van der Waals surface area contributed by atoms with Gasteiger partial charge in [0.2, 0.25) is 0 Å². The molecule has 0 fully saturated rings. The van der Waals surface area contributed by atoms with Gasteiger partial charge in [0.15, 0.2) is 0 Å². The van der Waals surface area contributed by atoms with Crippen molar-refractivity contribution >= 4 is 28.2 Å². The SMILES string of the molecule is CCN(CC)c1ccc(C=Cc2ccc(OS(=O)(=O)OCCO)cc2)cc1. The minimum atomic E-state index is -4.16. The molecule has 2 aromatic rings. The van der Waals surface area contributed by atoms with E-state index in [0.29, 0.717) is 0 Å². The summed E-state index contributed by atoms with van der Waals surface area (Å²) < 4.78 is 32.2. The zero-order valence-electron chi connectivity index (χ0n) is 15.5. The molecule has 0 atom stereocenters. The third kappa shape index (κ3) is 6.71. The van der Waals surface area contributed by atoms with E-state index in [0.717, 1.165) is 24.2 Å². The Morgan fingerprint density at radius 1 is 0.926 bits per heavy atom. The molecule has 0 heterocycles. The monoisotopic (exact) mass is 391 g/mol. The first-order valence-electron chi connectivity index (χ1n) is 8.80. The minimum absolute atomic E-state index is 0.147. The van der Waals surface area contributed by atoms with Crippen molar-refractivity contribution < 1.29 is 21.9 Å². The Labute approximate surface area is 161 Å². The summed E-state index contributed by atoms with van der Waals surface area (Å²) in [6.07, 6.45) is 3.93. The van der Waals surface area contributed by atoms with Crippen LogP contribution in [0, 0.1) is 0 Å². The molecule has 1 N–H and O–H groups in total. The van der Waals surface area contributed by atoms with Crippen molar-refractivity contribution in [3.05, 3.63) is 59.7 Å². The number of aliphatic hydroxyl groups excluding tert-OH is 1. The second-order valence-electron chi connectivity index (χ2n) is 5.70. The van der Waals surface area contributed by atoms with E-state index in [9.17, 15) is 8.42 Å². The average Bonchev–Trinajstić information content (AvgIpc) is 2.67. The van der Waals surface area contributed by atoms with E-state index in [1.54, 1.807) is 24.3 Å². The predicted molar refractivity (Wildman–Crippen MR) is 108 cm³/mol. The summed E-state index contributed by atoms with van der Waals surface area (Å²) in [6, 6.07) is 14.9. The third-order valence-electron chi connectivity index (χ3n) is 3.89. The van der Waals surface area contributed by atoms with Gasteiger partial charge in [-0.3, -0.25) is 0 Å². The van der Waals surface area contributed by atoms with E-state index < -0.39 is 17.0 Å². The van der Waals surface area contributed by atoms with Crippen LogP contribution in [0.2, 0.25) is 0 Å². The maximum absolute atomic E-state index is 11.5. The average molecular weight is 391 g/mol. The van der Waals surface area contributed by atoms with Crippen LogP contribution in [0.3, 0.4) is 0 Å². The summed E-state index contributed by atoms with van der Waals surface area (Å²) in [5, 5.41) is 8.60. The van der Waals surface area contributed by atoms with Gasteiger partial charge >= 0.3 is 10.4 Å². The molecular formula is C20H25NO5S. The lowest BCUT2D eigenvalue weighted by Gasteiger charge is -2.20. The molecule has 0 aliphatic rings. The van der Waals surface area contributed by atoms with Gasteiger partial charge in [-0.15, -0.1) is 0 Å². The second kappa shape index (κ2) is 10.1. The van der Waals surface area contributed by atoms with Crippen LogP contribution in [0.1, 0.15) is 25.0 Å². The van der Waals surface area contributed by atoms with Crippen molar-refractivity contribution in [3.8, 4) is 5.75 Å². The molecule has 146 valence electrons. The summed E-state index contributed by atoms with van der Waals surface area (Å²) in [4.78, 5) is 2.28. The van der Waals surface area contributed by atoms with Crippen LogP contribution in [-0.2, 0) is 14.6 Å². The Morgan fingerprint density at radius 2 is 1.44 bits per heavy atom. The van der Waals surface area contributed by atoms with E-state index in [2.05, 4.69) is 47.2 Å². The van der Waals surface area contributed by atoms with E-state index in [1.807, 2.05) is 12.2 Å². The van der Waals surface area contributed by atoms with Gasteiger partial charge < -0.3 is 14.2 Å². The van der Waals surface area contributed by atoms with Crippen LogP contribution in [0.15, 0.2) is 48.5 Å². The van der Waals surface area contributed by atoms with Crippen molar-refractivity contribution in [2.75, 3.05) is 31.2 Å². The van der Waals surface area contributed by atoms with Gasteiger partial charge in [-0.05, 0) is 49.2 Å². The topological polar surface area (TPSA) is 76.1 Å². The molecular weight excluding hydrogens is 366 g/mol. The highest BCUT2D eigenvalue weighted by Crippen LogP contribution is 2.19. The Morgan fingerprint density at radius 3 is 1.93 bits per heavy atom. The molecule has 0 spiro atoms. The molecule has 27 heavy (non-hydrogen) atoms. The van der Waals surface area contributed by atoms with Gasteiger partial charge in [-0.25, -0.2) is 4.18 Å². The molecule has 0 saturated carbocycles. The van der Waals surface area contributed by atoms with Crippen LogP contribution in [0.5, 0.6) is 5.75 Å². The van der Waals surface area contributed by atoms with Crippen LogP contribution in [0.25, 0.3) is 12.2 Å². The molecule has 0 aliphatic heterocycles. The number of benzene rings is 2. The summed E-state index contributed by atoms with van der Waals surface area (Å²) in [6.45, 7) is 5.48. The lowest BCUT2D eigenvalue weighted by Crippen LogP contribution is -2.21. The lowest BCUT2D eigenvalue weighted by molar-refractivity contribution is 0.190.